The van der Waals surface area contributed by atoms with Crippen molar-refractivity contribution in [2.75, 3.05) is 6.54 Å². The van der Waals surface area contributed by atoms with Gasteiger partial charge in [0, 0.05) is 41.6 Å². The second kappa shape index (κ2) is 6.81. The molecule has 6 heteroatoms. The number of aliphatic hydroxyl groups is 1. The van der Waals surface area contributed by atoms with Crippen LogP contribution in [0.3, 0.4) is 0 Å². The third-order valence-corrected chi connectivity index (χ3v) is 6.27. The van der Waals surface area contributed by atoms with Crippen molar-refractivity contribution in [1.29, 1.82) is 0 Å². The molecule has 0 aliphatic carbocycles. The van der Waals surface area contributed by atoms with E-state index >= 15 is 0 Å². The predicted molar refractivity (Wildman–Crippen MR) is 107 cm³/mol. The predicted octanol–water partition coefficient (Wildman–Crippen LogP) is 3.34. The summed E-state index contributed by atoms with van der Waals surface area (Å²) in [4.78, 5) is 0.214. The van der Waals surface area contributed by atoms with E-state index in [1.165, 1.54) is 0 Å². The number of benzene rings is 3. The van der Waals surface area contributed by atoms with E-state index in [0.29, 0.717) is 10.9 Å². The van der Waals surface area contributed by atoms with Crippen molar-refractivity contribution in [3.63, 3.8) is 0 Å². The maximum absolute atomic E-state index is 12.8. The average molecular weight is 380 g/mol. The molecular weight excluding hydrogens is 360 g/mol. The van der Waals surface area contributed by atoms with Crippen molar-refractivity contribution < 1.29 is 13.5 Å². The van der Waals surface area contributed by atoms with Crippen molar-refractivity contribution in [3.8, 4) is 0 Å². The van der Waals surface area contributed by atoms with Crippen LogP contribution < -0.4 is 4.72 Å². The molecule has 0 bridgehead atoms. The van der Waals surface area contributed by atoms with E-state index in [2.05, 4.69) is 4.72 Å². The van der Waals surface area contributed by atoms with E-state index in [9.17, 15) is 13.5 Å². The molecule has 1 unspecified atom stereocenters. The number of fused-ring (bicyclic) bond motifs is 2. The average Bonchev–Trinajstić information content (AvgIpc) is 3.03. The highest BCUT2D eigenvalue weighted by atomic mass is 32.2. The molecule has 27 heavy (non-hydrogen) atoms. The number of aliphatic hydroxyl groups excluding tert-OH is 1. The van der Waals surface area contributed by atoms with Gasteiger partial charge in [-0.2, -0.15) is 0 Å². The molecule has 0 saturated carbocycles. The van der Waals surface area contributed by atoms with Crippen LogP contribution in [0, 0.1) is 0 Å². The Kier molecular flexibility index (Phi) is 4.47. The molecule has 0 amide bonds. The normalized spacial score (nSPS) is 13.3. The van der Waals surface area contributed by atoms with Crippen molar-refractivity contribution in [2.24, 2.45) is 7.05 Å². The Morgan fingerprint density at radius 1 is 0.963 bits per heavy atom. The quantitative estimate of drug-likeness (QED) is 0.558. The summed E-state index contributed by atoms with van der Waals surface area (Å²) in [7, 11) is -1.85. The zero-order chi connectivity index (χ0) is 19.0. The lowest BCUT2D eigenvalue weighted by Crippen LogP contribution is -2.28. The first kappa shape index (κ1) is 17.7. The summed E-state index contributed by atoms with van der Waals surface area (Å²) in [5, 5.41) is 13.0. The molecule has 4 rings (SSSR count). The fraction of sp³-hybridized carbons (Fsp3) is 0.143. The lowest BCUT2D eigenvalue weighted by molar-refractivity contribution is 0.183. The second-order valence-corrected chi connectivity index (χ2v) is 8.29. The summed E-state index contributed by atoms with van der Waals surface area (Å²) < 4.78 is 30.1. The van der Waals surface area contributed by atoms with Crippen LogP contribution in [0.25, 0.3) is 21.7 Å². The molecule has 0 saturated heterocycles. The number of nitrogens with one attached hydrogen (secondary N) is 1. The Morgan fingerprint density at radius 3 is 2.44 bits per heavy atom. The Labute approximate surface area is 157 Å². The number of aromatic nitrogens is 1. The van der Waals surface area contributed by atoms with E-state index in [4.69, 9.17) is 0 Å². The third kappa shape index (κ3) is 3.23. The summed E-state index contributed by atoms with van der Waals surface area (Å²) in [5.74, 6) is 0. The van der Waals surface area contributed by atoms with Crippen LogP contribution >= 0.6 is 0 Å². The molecule has 3 aromatic carbocycles. The van der Waals surface area contributed by atoms with Crippen LogP contribution in [0.4, 0.5) is 0 Å². The van der Waals surface area contributed by atoms with Gasteiger partial charge in [0.2, 0.25) is 10.0 Å². The molecule has 0 spiro atoms. The first-order valence-corrected chi connectivity index (χ1v) is 10.1. The van der Waals surface area contributed by atoms with E-state index in [0.717, 1.165) is 16.3 Å². The van der Waals surface area contributed by atoms with Gasteiger partial charge in [0.1, 0.15) is 0 Å². The summed E-state index contributed by atoms with van der Waals surface area (Å²) in [6, 6.07) is 20.2. The molecule has 0 fully saturated rings. The van der Waals surface area contributed by atoms with Gasteiger partial charge in [0.25, 0.3) is 0 Å². The second-order valence-electron chi connectivity index (χ2n) is 6.56. The van der Waals surface area contributed by atoms with Crippen molar-refractivity contribution in [3.05, 3.63) is 78.5 Å². The first-order valence-electron chi connectivity index (χ1n) is 8.67. The fourth-order valence-corrected chi connectivity index (χ4v) is 4.71. The van der Waals surface area contributed by atoms with Crippen LogP contribution in [-0.2, 0) is 17.1 Å². The molecule has 1 atom stereocenters. The smallest absolute Gasteiger partial charge is 0.241 e. The van der Waals surface area contributed by atoms with E-state index in [-0.39, 0.29) is 11.4 Å². The highest BCUT2D eigenvalue weighted by Gasteiger charge is 2.20. The molecule has 0 radical (unpaired) electrons. The van der Waals surface area contributed by atoms with Gasteiger partial charge in [-0.25, -0.2) is 13.1 Å². The maximum Gasteiger partial charge on any atom is 0.241 e. The highest BCUT2D eigenvalue weighted by molar-refractivity contribution is 7.89. The van der Waals surface area contributed by atoms with Gasteiger partial charge in [-0.15, -0.1) is 0 Å². The van der Waals surface area contributed by atoms with Gasteiger partial charge < -0.3 is 9.67 Å². The summed E-state index contributed by atoms with van der Waals surface area (Å²) in [6.45, 7) is -0.0977. The van der Waals surface area contributed by atoms with Gasteiger partial charge in [-0.05, 0) is 17.5 Å². The number of sulfonamides is 1. The molecule has 4 aromatic rings. The number of hydrogen-bond acceptors (Lipinski definition) is 3. The number of para-hydroxylation sites is 1. The molecule has 0 aliphatic heterocycles. The van der Waals surface area contributed by atoms with Crippen LogP contribution in [0.2, 0.25) is 0 Å². The lowest BCUT2D eigenvalue weighted by Gasteiger charge is -2.13. The standard InChI is InChI=1S/C21H20N2O3S/c1-23-14-18(17-10-4-5-11-19(17)23)20(24)13-22-27(25,26)21-12-6-8-15-7-2-3-9-16(15)21/h2-12,14,20,22,24H,13H2,1H3. The van der Waals surface area contributed by atoms with Crippen LogP contribution in [0.5, 0.6) is 0 Å². The topological polar surface area (TPSA) is 71.3 Å². The summed E-state index contributed by atoms with van der Waals surface area (Å²) in [6.07, 6.45) is 0.891. The molecule has 5 nitrogen and oxygen atoms in total. The summed E-state index contributed by atoms with van der Waals surface area (Å²) in [5.41, 5.74) is 1.69. The van der Waals surface area contributed by atoms with Gasteiger partial charge in [-0.3, -0.25) is 0 Å². The number of hydrogen-bond donors (Lipinski definition) is 2. The van der Waals surface area contributed by atoms with Crippen molar-refractivity contribution in [1.82, 2.24) is 9.29 Å². The Morgan fingerprint density at radius 2 is 1.63 bits per heavy atom. The molecule has 138 valence electrons. The minimum atomic E-state index is -3.75. The van der Waals surface area contributed by atoms with E-state index in [1.54, 1.807) is 18.2 Å². The molecule has 1 heterocycles. The minimum Gasteiger partial charge on any atom is -0.387 e. The van der Waals surface area contributed by atoms with Crippen molar-refractivity contribution in [2.45, 2.75) is 11.0 Å². The zero-order valence-electron chi connectivity index (χ0n) is 14.8. The SMILES string of the molecule is Cn1cc(C(O)CNS(=O)(=O)c2cccc3ccccc23)c2ccccc21. The van der Waals surface area contributed by atoms with Crippen LogP contribution in [-0.4, -0.2) is 24.6 Å². The van der Waals surface area contributed by atoms with Gasteiger partial charge >= 0.3 is 0 Å². The zero-order valence-corrected chi connectivity index (χ0v) is 15.6. The van der Waals surface area contributed by atoms with Crippen molar-refractivity contribution >= 4 is 31.7 Å². The minimum absolute atomic E-state index is 0.0977. The highest BCUT2D eigenvalue weighted by Crippen LogP contribution is 2.27. The maximum atomic E-state index is 12.8. The molecular formula is C21H20N2O3S. The number of aryl methyl sites for hydroxylation is 1. The Bertz CT molecular complexity index is 1220. The third-order valence-electron chi connectivity index (χ3n) is 4.79. The molecule has 1 aromatic heterocycles. The molecule has 2 N–H and O–H groups in total. The monoisotopic (exact) mass is 380 g/mol. The fourth-order valence-electron chi connectivity index (χ4n) is 3.44. The van der Waals surface area contributed by atoms with Gasteiger partial charge in [0.05, 0.1) is 11.0 Å². The van der Waals surface area contributed by atoms with E-state index < -0.39 is 16.1 Å². The van der Waals surface area contributed by atoms with Gasteiger partial charge in [-0.1, -0.05) is 54.6 Å². The lowest BCUT2D eigenvalue weighted by atomic mass is 10.1. The Hall–Kier alpha value is -2.67. The first-order chi connectivity index (χ1) is 13.0. The Balaban J connectivity index is 1.62. The molecule has 0 aliphatic rings. The number of rotatable bonds is 5. The number of nitrogens with zero attached hydrogens (tertiary/aromatic N) is 1. The van der Waals surface area contributed by atoms with Crippen LogP contribution in [0.15, 0.2) is 77.8 Å². The van der Waals surface area contributed by atoms with E-state index in [1.807, 2.05) is 66.3 Å². The summed E-state index contributed by atoms with van der Waals surface area (Å²) >= 11 is 0. The van der Waals surface area contributed by atoms with Gasteiger partial charge in [0.15, 0.2) is 0 Å². The largest absolute Gasteiger partial charge is 0.387 e. The van der Waals surface area contributed by atoms with Crippen LogP contribution in [0.1, 0.15) is 11.7 Å².